The van der Waals surface area contributed by atoms with E-state index in [1.807, 2.05) is 12.2 Å². The Morgan fingerprint density at radius 1 is 1.38 bits per heavy atom. The topological polar surface area (TPSA) is 49.8 Å². The SMILES string of the molecule is N#CC1(C2=C/C=C\C(N)C/C=C\2)CCCC1. The zero-order chi connectivity index (χ0) is 11.4. The summed E-state index contributed by atoms with van der Waals surface area (Å²) < 4.78 is 0. The zero-order valence-corrected chi connectivity index (χ0v) is 9.52. The summed E-state index contributed by atoms with van der Waals surface area (Å²) in [6, 6.07) is 2.63. The highest BCUT2D eigenvalue weighted by atomic mass is 14.6. The molecule has 0 aromatic rings. The summed E-state index contributed by atoms with van der Waals surface area (Å²) in [5.74, 6) is 0. The molecule has 1 saturated carbocycles. The van der Waals surface area contributed by atoms with Crippen molar-refractivity contribution in [3.05, 3.63) is 36.0 Å². The minimum absolute atomic E-state index is 0.107. The molecule has 0 radical (unpaired) electrons. The Labute approximate surface area is 97.1 Å². The van der Waals surface area contributed by atoms with Crippen LogP contribution < -0.4 is 5.73 Å². The second-order valence-electron chi connectivity index (χ2n) is 4.71. The first-order valence-corrected chi connectivity index (χ1v) is 5.99. The molecule has 2 aliphatic carbocycles. The molecule has 0 heterocycles. The van der Waals surface area contributed by atoms with Crippen LogP contribution in [-0.2, 0) is 0 Å². The molecule has 0 aliphatic heterocycles. The van der Waals surface area contributed by atoms with E-state index in [2.05, 4.69) is 24.3 Å². The molecule has 0 saturated heterocycles. The Balaban J connectivity index is 2.29. The molecule has 1 fully saturated rings. The van der Waals surface area contributed by atoms with Crippen molar-refractivity contribution in [2.45, 2.75) is 38.1 Å². The molecule has 2 heteroatoms. The number of hydrogen-bond donors (Lipinski definition) is 1. The van der Waals surface area contributed by atoms with Crippen molar-refractivity contribution in [1.29, 1.82) is 5.26 Å². The van der Waals surface area contributed by atoms with Crippen LogP contribution in [-0.4, -0.2) is 6.04 Å². The molecule has 2 aliphatic rings. The van der Waals surface area contributed by atoms with Crippen LogP contribution in [0, 0.1) is 16.7 Å². The first-order valence-electron chi connectivity index (χ1n) is 5.99. The van der Waals surface area contributed by atoms with Crippen LogP contribution in [0.3, 0.4) is 0 Å². The predicted octanol–water partition coefficient (Wildman–Crippen LogP) is 2.84. The van der Waals surface area contributed by atoms with Gasteiger partial charge in [-0.1, -0.05) is 43.2 Å². The Bertz CT molecular complexity index is 376. The van der Waals surface area contributed by atoms with Crippen molar-refractivity contribution in [2.24, 2.45) is 11.1 Å². The standard InChI is InChI=1S/C14H18N2/c15-11-14(9-1-2-10-14)12-5-3-7-13(16)8-4-6-12/h3-7,13H,1-2,8-10,16H2/b6-4-,7-3-,12-5+. The van der Waals surface area contributed by atoms with Gasteiger partial charge in [0, 0.05) is 6.04 Å². The van der Waals surface area contributed by atoms with Gasteiger partial charge in [-0.25, -0.2) is 0 Å². The molecule has 0 aromatic heterocycles. The molecule has 1 atom stereocenters. The third kappa shape index (κ3) is 2.10. The molecule has 2 rings (SSSR count). The lowest BCUT2D eigenvalue weighted by Crippen LogP contribution is -2.18. The Kier molecular flexibility index (Phi) is 3.26. The molecule has 0 aromatic carbocycles. The monoisotopic (exact) mass is 214 g/mol. The van der Waals surface area contributed by atoms with E-state index in [9.17, 15) is 5.26 Å². The normalized spacial score (nSPS) is 35.2. The van der Waals surface area contributed by atoms with Crippen LogP contribution in [0.5, 0.6) is 0 Å². The predicted molar refractivity (Wildman–Crippen MR) is 65.5 cm³/mol. The molecule has 0 bridgehead atoms. The molecule has 0 spiro atoms. The van der Waals surface area contributed by atoms with Crippen molar-refractivity contribution in [2.75, 3.05) is 0 Å². The van der Waals surface area contributed by atoms with Gasteiger partial charge in [-0.3, -0.25) is 0 Å². The minimum atomic E-state index is -0.234. The van der Waals surface area contributed by atoms with Gasteiger partial charge in [-0.2, -0.15) is 5.26 Å². The minimum Gasteiger partial charge on any atom is -0.324 e. The third-order valence-corrected chi connectivity index (χ3v) is 3.56. The van der Waals surface area contributed by atoms with Gasteiger partial charge in [0.05, 0.1) is 11.5 Å². The molecular weight excluding hydrogens is 196 g/mol. The van der Waals surface area contributed by atoms with Gasteiger partial charge < -0.3 is 5.73 Å². The van der Waals surface area contributed by atoms with Crippen LogP contribution in [0.2, 0.25) is 0 Å². The fourth-order valence-corrected chi connectivity index (χ4v) is 2.55. The molecule has 0 amide bonds. The van der Waals surface area contributed by atoms with Gasteiger partial charge >= 0.3 is 0 Å². The lowest BCUT2D eigenvalue weighted by atomic mass is 9.79. The highest BCUT2D eigenvalue weighted by Gasteiger charge is 2.36. The summed E-state index contributed by atoms with van der Waals surface area (Å²) in [5, 5.41) is 9.41. The maximum absolute atomic E-state index is 9.41. The number of nitrogens with zero attached hydrogens (tertiary/aromatic N) is 1. The van der Waals surface area contributed by atoms with Crippen LogP contribution in [0.25, 0.3) is 0 Å². The fraction of sp³-hybridized carbons (Fsp3) is 0.500. The van der Waals surface area contributed by atoms with Crippen LogP contribution in [0.15, 0.2) is 36.0 Å². The van der Waals surface area contributed by atoms with Crippen molar-refractivity contribution < 1.29 is 0 Å². The smallest absolute Gasteiger partial charge is 0.0822 e. The van der Waals surface area contributed by atoms with Gasteiger partial charge in [0.25, 0.3) is 0 Å². The third-order valence-electron chi connectivity index (χ3n) is 3.56. The van der Waals surface area contributed by atoms with Crippen LogP contribution in [0.1, 0.15) is 32.1 Å². The summed E-state index contributed by atoms with van der Waals surface area (Å²) in [6.07, 6.45) is 15.4. The number of allylic oxidation sites excluding steroid dienone is 4. The highest BCUT2D eigenvalue weighted by Crippen LogP contribution is 2.44. The van der Waals surface area contributed by atoms with Crippen LogP contribution in [0.4, 0.5) is 0 Å². The summed E-state index contributed by atoms with van der Waals surface area (Å²) in [5.41, 5.74) is 6.76. The number of nitrogens with two attached hydrogens (primary N) is 1. The summed E-state index contributed by atoms with van der Waals surface area (Å²) >= 11 is 0. The number of hydrogen-bond acceptors (Lipinski definition) is 2. The zero-order valence-electron chi connectivity index (χ0n) is 9.52. The Hall–Kier alpha value is -1.33. The first kappa shape index (κ1) is 11.2. The second kappa shape index (κ2) is 4.67. The maximum Gasteiger partial charge on any atom is 0.0822 e. The van der Waals surface area contributed by atoms with Crippen molar-refractivity contribution in [3.8, 4) is 6.07 Å². The van der Waals surface area contributed by atoms with Gasteiger partial charge in [-0.05, 0) is 24.8 Å². The summed E-state index contributed by atoms with van der Waals surface area (Å²) in [4.78, 5) is 0. The summed E-state index contributed by atoms with van der Waals surface area (Å²) in [7, 11) is 0. The first-order chi connectivity index (χ1) is 7.77. The summed E-state index contributed by atoms with van der Waals surface area (Å²) in [6.45, 7) is 0. The number of nitriles is 1. The van der Waals surface area contributed by atoms with Crippen molar-refractivity contribution in [1.82, 2.24) is 0 Å². The molecule has 16 heavy (non-hydrogen) atoms. The van der Waals surface area contributed by atoms with E-state index in [0.29, 0.717) is 0 Å². The van der Waals surface area contributed by atoms with Gasteiger partial charge in [0.15, 0.2) is 0 Å². The molecular formula is C14H18N2. The molecule has 2 nitrogen and oxygen atoms in total. The van der Waals surface area contributed by atoms with Crippen LogP contribution >= 0.6 is 0 Å². The molecule has 84 valence electrons. The van der Waals surface area contributed by atoms with E-state index in [1.54, 1.807) is 0 Å². The van der Waals surface area contributed by atoms with E-state index >= 15 is 0 Å². The van der Waals surface area contributed by atoms with Gasteiger partial charge in [0.1, 0.15) is 0 Å². The fourth-order valence-electron chi connectivity index (χ4n) is 2.55. The van der Waals surface area contributed by atoms with E-state index in [-0.39, 0.29) is 11.5 Å². The largest absolute Gasteiger partial charge is 0.324 e. The van der Waals surface area contributed by atoms with Crippen molar-refractivity contribution in [3.63, 3.8) is 0 Å². The Morgan fingerprint density at radius 3 is 2.81 bits per heavy atom. The maximum atomic E-state index is 9.41. The van der Waals surface area contributed by atoms with Gasteiger partial charge in [-0.15, -0.1) is 0 Å². The average molecular weight is 214 g/mol. The number of rotatable bonds is 1. The van der Waals surface area contributed by atoms with E-state index in [0.717, 1.165) is 24.8 Å². The van der Waals surface area contributed by atoms with E-state index in [4.69, 9.17) is 5.73 Å². The second-order valence-corrected chi connectivity index (χ2v) is 4.71. The molecule has 2 N–H and O–H groups in total. The van der Waals surface area contributed by atoms with Gasteiger partial charge in [0.2, 0.25) is 0 Å². The lowest BCUT2D eigenvalue weighted by Gasteiger charge is -2.22. The quantitative estimate of drug-likeness (QED) is 0.729. The van der Waals surface area contributed by atoms with E-state index in [1.165, 1.54) is 12.8 Å². The highest BCUT2D eigenvalue weighted by molar-refractivity contribution is 5.38. The average Bonchev–Trinajstić information content (AvgIpc) is 2.73. The van der Waals surface area contributed by atoms with E-state index < -0.39 is 0 Å². The van der Waals surface area contributed by atoms with Crippen molar-refractivity contribution >= 4 is 0 Å². The molecule has 1 unspecified atom stereocenters. The lowest BCUT2D eigenvalue weighted by molar-refractivity contribution is 0.505. The Morgan fingerprint density at radius 2 is 2.12 bits per heavy atom.